The topological polar surface area (TPSA) is 29.3 Å². The molecule has 2 nitrogen and oxygen atoms in total. The lowest BCUT2D eigenvalue weighted by Gasteiger charge is -2.23. The molecule has 1 atom stereocenters. The van der Waals surface area contributed by atoms with Gasteiger partial charge in [0.15, 0.2) is 0 Å². The monoisotopic (exact) mass is 272 g/mol. The number of rotatable bonds is 4. The van der Waals surface area contributed by atoms with E-state index in [2.05, 4.69) is 11.8 Å². The lowest BCUT2D eigenvalue weighted by Crippen LogP contribution is -2.28. The Kier molecular flexibility index (Phi) is 4.31. The van der Waals surface area contributed by atoms with Crippen molar-refractivity contribution in [2.24, 2.45) is 5.73 Å². The molecule has 1 aliphatic rings. The fourth-order valence-corrected chi connectivity index (χ4v) is 3.02. The van der Waals surface area contributed by atoms with Crippen LogP contribution in [0, 0.1) is 0 Å². The second-order valence-corrected chi connectivity index (χ2v) is 5.31. The molecule has 17 heavy (non-hydrogen) atoms. The molecule has 0 amide bonds. The lowest BCUT2D eigenvalue weighted by molar-refractivity contribution is 0.217. The summed E-state index contributed by atoms with van der Waals surface area (Å²) < 4.78 is 0. The van der Waals surface area contributed by atoms with Crippen LogP contribution in [0.4, 0.5) is 0 Å². The van der Waals surface area contributed by atoms with E-state index in [4.69, 9.17) is 28.9 Å². The van der Waals surface area contributed by atoms with Crippen molar-refractivity contribution in [2.75, 3.05) is 13.1 Å². The summed E-state index contributed by atoms with van der Waals surface area (Å²) in [5.74, 6) is 0. The van der Waals surface area contributed by atoms with E-state index in [1.807, 2.05) is 12.1 Å². The summed E-state index contributed by atoms with van der Waals surface area (Å²) in [5, 5.41) is 1.60. The molecule has 0 fully saturated rings. The van der Waals surface area contributed by atoms with E-state index in [1.54, 1.807) is 0 Å². The first-order valence-corrected chi connectivity index (χ1v) is 6.85. The zero-order valence-electron chi connectivity index (χ0n) is 10.0. The molecule has 1 unspecified atom stereocenters. The normalized spacial score (nSPS) is 19.6. The first-order valence-electron chi connectivity index (χ1n) is 6.10. The van der Waals surface area contributed by atoms with Crippen LogP contribution in [0.3, 0.4) is 0 Å². The van der Waals surface area contributed by atoms with Crippen molar-refractivity contribution in [2.45, 2.75) is 32.4 Å². The van der Waals surface area contributed by atoms with Crippen LogP contribution in [0.15, 0.2) is 12.1 Å². The minimum atomic E-state index is 0.225. The van der Waals surface area contributed by atoms with Crippen molar-refractivity contribution in [3.05, 3.63) is 33.3 Å². The van der Waals surface area contributed by atoms with Gasteiger partial charge in [0.2, 0.25) is 0 Å². The summed E-state index contributed by atoms with van der Waals surface area (Å²) in [7, 11) is 0. The number of fused-ring (bicyclic) bond motifs is 1. The van der Waals surface area contributed by atoms with Gasteiger partial charge in [-0.2, -0.15) is 0 Å². The largest absolute Gasteiger partial charge is 0.329 e. The first-order chi connectivity index (χ1) is 8.19. The maximum Gasteiger partial charge on any atom is 0.0492 e. The van der Waals surface area contributed by atoms with Crippen molar-refractivity contribution < 1.29 is 0 Å². The molecule has 1 aromatic rings. The summed E-state index contributed by atoms with van der Waals surface area (Å²) in [4.78, 5) is 2.38. The SMILES string of the molecule is CCCCN1Cc2c(Cl)ccc(Cl)c2C1CN. The molecule has 0 aliphatic carbocycles. The van der Waals surface area contributed by atoms with Gasteiger partial charge < -0.3 is 5.73 Å². The van der Waals surface area contributed by atoms with Crippen LogP contribution in [0.2, 0.25) is 10.0 Å². The third kappa shape index (κ3) is 2.45. The average molecular weight is 273 g/mol. The first kappa shape index (κ1) is 13.2. The molecule has 0 saturated heterocycles. The Balaban J connectivity index is 2.31. The standard InChI is InChI=1S/C13H18Cl2N2/c1-2-3-6-17-8-9-10(14)4-5-11(15)13(9)12(17)7-16/h4-5,12H,2-3,6-8,16H2,1H3. The number of hydrogen-bond acceptors (Lipinski definition) is 2. The average Bonchev–Trinajstić information content (AvgIpc) is 2.71. The van der Waals surface area contributed by atoms with Gasteiger partial charge in [-0.1, -0.05) is 36.5 Å². The minimum absolute atomic E-state index is 0.225. The van der Waals surface area contributed by atoms with Crippen LogP contribution in [-0.2, 0) is 6.54 Å². The van der Waals surface area contributed by atoms with E-state index >= 15 is 0 Å². The molecule has 0 saturated carbocycles. The molecule has 4 heteroatoms. The number of benzene rings is 1. The van der Waals surface area contributed by atoms with Crippen LogP contribution in [-0.4, -0.2) is 18.0 Å². The van der Waals surface area contributed by atoms with Crippen LogP contribution in [0.25, 0.3) is 0 Å². The number of hydrogen-bond donors (Lipinski definition) is 1. The number of unbranched alkanes of at least 4 members (excludes halogenated alkanes) is 1. The zero-order valence-corrected chi connectivity index (χ0v) is 11.6. The Morgan fingerprint density at radius 1 is 1.35 bits per heavy atom. The smallest absolute Gasteiger partial charge is 0.0492 e. The Labute approximate surface area is 113 Å². The van der Waals surface area contributed by atoms with Gasteiger partial charge in [0.05, 0.1) is 0 Å². The molecule has 0 radical (unpaired) electrons. The van der Waals surface area contributed by atoms with E-state index in [-0.39, 0.29) is 6.04 Å². The van der Waals surface area contributed by atoms with Crippen LogP contribution < -0.4 is 5.73 Å². The third-order valence-corrected chi connectivity index (χ3v) is 4.09. The highest BCUT2D eigenvalue weighted by atomic mass is 35.5. The fourth-order valence-electron chi connectivity index (χ4n) is 2.49. The van der Waals surface area contributed by atoms with Crippen molar-refractivity contribution in [3.63, 3.8) is 0 Å². The molecule has 1 aromatic carbocycles. The van der Waals surface area contributed by atoms with E-state index in [0.717, 1.165) is 34.3 Å². The summed E-state index contributed by atoms with van der Waals surface area (Å²) in [6, 6.07) is 3.97. The summed E-state index contributed by atoms with van der Waals surface area (Å²) >= 11 is 12.5. The molecule has 0 bridgehead atoms. The molecule has 94 valence electrons. The Bertz CT molecular complexity index is 407. The third-order valence-electron chi connectivity index (χ3n) is 3.40. The van der Waals surface area contributed by atoms with Gasteiger partial charge in [-0.25, -0.2) is 0 Å². The van der Waals surface area contributed by atoms with Gasteiger partial charge in [-0.3, -0.25) is 4.90 Å². The van der Waals surface area contributed by atoms with E-state index in [0.29, 0.717) is 6.54 Å². The maximum atomic E-state index is 6.27. The molecule has 0 aromatic heterocycles. The summed E-state index contributed by atoms with van der Waals surface area (Å²) in [6.45, 7) is 4.72. The van der Waals surface area contributed by atoms with Gasteiger partial charge in [-0.05, 0) is 36.2 Å². The molecule has 2 N–H and O–H groups in total. The van der Waals surface area contributed by atoms with Crippen molar-refractivity contribution >= 4 is 23.2 Å². The predicted octanol–water partition coefficient (Wildman–Crippen LogP) is 3.61. The minimum Gasteiger partial charge on any atom is -0.329 e. The second kappa shape index (κ2) is 5.57. The fraction of sp³-hybridized carbons (Fsp3) is 0.538. The highest BCUT2D eigenvalue weighted by molar-refractivity contribution is 6.34. The molecule has 1 aliphatic heterocycles. The number of halogens is 2. The van der Waals surface area contributed by atoms with Gasteiger partial charge >= 0.3 is 0 Å². The van der Waals surface area contributed by atoms with Crippen molar-refractivity contribution in [3.8, 4) is 0 Å². The predicted molar refractivity (Wildman–Crippen MR) is 73.6 cm³/mol. The highest BCUT2D eigenvalue weighted by Crippen LogP contribution is 2.41. The van der Waals surface area contributed by atoms with Crippen molar-refractivity contribution in [1.82, 2.24) is 4.90 Å². The summed E-state index contributed by atoms with van der Waals surface area (Å²) in [5.41, 5.74) is 8.18. The molecule has 0 spiro atoms. The van der Waals surface area contributed by atoms with Crippen LogP contribution >= 0.6 is 23.2 Å². The molecular formula is C13H18Cl2N2. The lowest BCUT2D eigenvalue weighted by atomic mass is 10.0. The number of nitrogens with zero attached hydrogens (tertiary/aromatic N) is 1. The van der Waals surface area contributed by atoms with Gasteiger partial charge in [-0.15, -0.1) is 0 Å². The maximum absolute atomic E-state index is 6.27. The Morgan fingerprint density at radius 3 is 2.71 bits per heavy atom. The summed E-state index contributed by atoms with van der Waals surface area (Å²) in [6.07, 6.45) is 2.37. The van der Waals surface area contributed by atoms with Crippen LogP contribution in [0.1, 0.15) is 36.9 Å². The van der Waals surface area contributed by atoms with E-state index in [1.165, 1.54) is 12.8 Å². The zero-order chi connectivity index (χ0) is 12.4. The quantitative estimate of drug-likeness (QED) is 0.908. The van der Waals surface area contributed by atoms with Gasteiger partial charge in [0.1, 0.15) is 0 Å². The second-order valence-electron chi connectivity index (χ2n) is 4.50. The van der Waals surface area contributed by atoms with Crippen LogP contribution in [0.5, 0.6) is 0 Å². The molecular weight excluding hydrogens is 255 g/mol. The van der Waals surface area contributed by atoms with E-state index in [9.17, 15) is 0 Å². The van der Waals surface area contributed by atoms with Crippen molar-refractivity contribution in [1.29, 1.82) is 0 Å². The van der Waals surface area contributed by atoms with E-state index < -0.39 is 0 Å². The Hall–Kier alpha value is -0.280. The van der Waals surface area contributed by atoms with Gasteiger partial charge in [0, 0.05) is 29.2 Å². The van der Waals surface area contributed by atoms with Gasteiger partial charge in [0.25, 0.3) is 0 Å². The highest BCUT2D eigenvalue weighted by Gasteiger charge is 2.32. The molecule has 1 heterocycles. The Morgan fingerprint density at radius 2 is 2.06 bits per heavy atom. The molecule has 2 rings (SSSR count). The number of nitrogens with two attached hydrogens (primary N) is 1.